The number of hydrogen-bond donors (Lipinski definition) is 1. The summed E-state index contributed by atoms with van der Waals surface area (Å²) in [5.41, 5.74) is 2.03. The van der Waals surface area contributed by atoms with E-state index in [1.807, 2.05) is 24.3 Å². The predicted molar refractivity (Wildman–Crippen MR) is 64.4 cm³/mol. The highest BCUT2D eigenvalue weighted by Crippen LogP contribution is 2.09. The first-order valence-corrected chi connectivity index (χ1v) is 5.04. The van der Waals surface area contributed by atoms with E-state index in [0.29, 0.717) is 0 Å². The van der Waals surface area contributed by atoms with Crippen molar-refractivity contribution < 1.29 is 9.90 Å². The Balaban J connectivity index is 2.22. The highest BCUT2D eigenvalue weighted by molar-refractivity contribution is 5.88. The summed E-state index contributed by atoms with van der Waals surface area (Å²) >= 11 is 0. The van der Waals surface area contributed by atoms with Crippen molar-refractivity contribution in [2.75, 3.05) is 0 Å². The smallest absolute Gasteiger partial charge is 0.335 e. The number of hydrogen-bond acceptors (Lipinski definition) is 3. The molecule has 0 amide bonds. The van der Waals surface area contributed by atoms with Crippen molar-refractivity contribution in [3.05, 3.63) is 59.4 Å². The second-order valence-corrected chi connectivity index (χ2v) is 3.44. The van der Waals surface area contributed by atoms with Gasteiger partial charge in [0.25, 0.3) is 0 Å². The Hall–Kier alpha value is -2.49. The molecule has 84 valence electrons. The topological polar surface area (TPSA) is 63.1 Å². The zero-order chi connectivity index (χ0) is 12.1. The Kier molecular flexibility index (Phi) is 3.25. The molecule has 1 aromatic carbocycles. The first kappa shape index (κ1) is 11.0. The molecule has 17 heavy (non-hydrogen) atoms. The molecule has 0 unspecified atom stereocenters. The van der Waals surface area contributed by atoms with Crippen LogP contribution in [0.2, 0.25) is 0 Å². The molecule has 1 aromatic heterocycles. The molecule has 2 aromatic rings. The lowest BCUT2D eigenvalue weighted by Gasteiger charge is -1.96. The molecule has 4 nitrogen and oxygen atoms in total. The molecular formula is C13H10N2O2. The molecule has 0 atom stereocenters. The largest absolute Gasteiger partial charge is 0.478 e. The highest BCUT2D eigenvalue weighted by Gasteiger charge is 2.00. The van der Waals surface area contributed by atoms with Crippen LogP contribution >= 0.6 is 0 Å². The molecule has 0 spiro atoms. The van der Waals surface area contributed by atoms with Gasteiger partial charge in [-0.1, -0.05) is 24.3 Å². The normalized spacial score (nSPS) is 10.6. The summed E-state index contributed by atoms with van der Waals surface area (Å²) in [6.45, 7) is 0. The number of benzene rings is 1. The predicted octanol–water partition coefficient (Wildman–Crippen LogP) is 2.35. The molecule has 1 heterocycles. The summed E-state index contributed by atoms with van der Waals surface area (Å²) in [6.07, 6.45) is 6.93. The number of carboxylic acids is 1. The fourth-order valence-corrected chi connectivity index (χ4v) is 1.37. The first-order valence-electron chi connectivity index (χ1n) is 5.04. The second-order valence-electron chi connectivity index (χ2n) is 3.44. The van der Waals surface area contributed by atoms with Gasteiger partial charge in [-0.2, -0.15) is 10.2 Å². The molecule has 0 aliphatic rings. The third-order valence-electron chi connectivity index (χ3n) is 2.21. The SMILES string of the molecule is O=C(O)c1cccc(/C=C/c2ccnnc2)c1. The van der Waals surface area contributed by atoms with Crippen molar-refractivity contribution >= 4 is 18.1 Å². The standard InChI is InChI=1S/C13H10N2O2/c16-13(17)12-3-1-2-10(8-12)4-5-11-6-7-14-15-9-11/h1-9H,(H,16,17)/b5-4+. The van der Waals surface area contributed by atoms with Gasteiger partial charge >= 0.3 is 5.97 Å². The maximum Gasteiger partial charge on any atom is 0.335 e. The van der Waals surface area contributed by atoms with E-state index >= 15 is 0 Å². The van der Waals surface area contributed by atoms with Crippen LogP contribution in [-0.4, -0.2) is 21.3 Å². The Morgan fingerprint density at radius 1 is 1.12 bits per heavy atom. The van der Waals surface area contributed by atoms with Gasteiger partial charge in [-0.25, -0.2) is 4.79 Å². The average molecular weight is 226 g/mol. The molecule has 0 radical (unpaired) electrons. The number of aromatic carboxylic acids is 1. The van der Waals surface area contributed by atoms with Crippen LogP contribution in [0.4, 0.5) is 0 Å². The molecule has 0 fully saturated rings. The number of aromatic nitrogens is 2. The van der Waals surface area contributed by atoms with Crippen LogP contribution in [0.5, 0.6) is 0 Å². The van der Waals surface area contributed by atoms with Crippen LogP contribution in [0, 0.1) is 0 Å². The number of rotatable bonds is 3. The van der Waals surface area contributed by atoms with Gasteiger partial charge in [-0.3, -0.25) is 0 Å². The Bertz CT molecular complexity index is 550. The first-order chi connectivity index (χ1) is 8.25. The molecule has 1 N–H and O–H groups in total. The Morgan fingerprint density at radius 2 is 1.94 bits per heavy atom. The van der Waals surface area contributed by atoms with Crippen molar-refractivity contribution in [2.45, 2.75) is 0 Å². The van der Waals surface area contributed by atoms with Gasteiger partial charge in [0, 0.05) is 0 Å². The second kappa shape index (κ2) is 5.03. The van der Waals surface area contributed by atoms with Crippen LogP contribution in [0.3, 0.4) is 0 Å². The van der Waals surface area contributed by atoms with Crippen LogP contribution in [0.25, 0.3) is 12.2 Å². The maximum absolute atomic E-state index is 10.8. The maximum atomic E-state index is 10.8. The summed E-state index contributed by atoms with van der Waals surface area (Å²) in [4.78, 5) is 10.8. The van der Waals surface area contributed by atoms with Gasteiger partial charge in [-0.05, 0) is 29.3 Å². The van der Waals surface area contributed by atoms with E-state index in [1.165, 1.54) is 0 Å². The highest BCUT2D eigenvalue weighted by atomic mass is 16.4. The Morgan fingerprint density at radius 3 is 2.65 bits per heavy atom. The van der Waals surface area contributed by atoms with Crippen molar-refractivity contribution in [3.63, 3.8) is 0 Å². The van der Waals surface area contributed by atoms with E-state index in [9.17, 15) is 4.79 Å². The zero-order valence-electron chi connectivity index (χ0n) is 8.95. The Labute approximate surface area is 98.3 Å². The minimum Gasteiger partial charge on any atom is -0.478 e. The molecule has 0 aliphatic heterocycles. The van der Waals surface area contributed by atoms with E-state index in [4.69, 9.17) is 5.11 Å². The third-order valence-corrected chi connectivity index (χ3v) is 2.21. The van der Waals surface area contributed by atoms with Crippen molar-refractivity contribution in [3.8, 4) is 0 Å². The van der Waals surface area contributed by atoms with Crippen molar-refractivity contribution in [1.29, 1.82) is 0 Å². The van der Waals surface area contributed by atoms with Crippen LogP contribution < -0.4 is 0 Å². The van der Waals surface area contributed by atoms with E-state index in [1.54, 1.807) is 30.6 Å². The van der Waals surface area contributed by atoms with E-state index < -0.39 is 5.97 Å². The average Bonchev–Trinajstić information content (AvgIpc) is 2.38. The fourth-order valence-electron chi connectivity index (χ4n) is 1.37. The summed E-state index contributed by atoms with van der Waals surface area (Å²) in [5, 5.41) is 16.3. The van der Waals surface area contributed by atoms with Gasteiger partial charge < -0.3 is 5.11 Å². The van der Waals surface area contributed by atoms with Gasteiger partial charge in [-0.15, -0.1) is 0 Å². The number of carboxylic acid groups (broad SMARTS) is 1. The van der Waals surface area contributed by atoms with Gasteiger partial charge in [0.1, 0.15) is 0 Å². The minimum atomic E-state index is -0.925. The van der Waals surface area contributed by atoms with Crippen molar-refractivity contribution in [1.82, 2.24) is 10.2 Å². The molecule has 0 saturated carbocycles. The number of carbonyl (C=O) groups is 1. The van der Waals surface area contributed by atoms with Crippen LogP contribution in [0.1, 0.15) is 21.5 Å². The van der Waals surface area contributed by atoms with E-state index in [2.05, 4.69) is 10.2 Å². The van der Waals surface area contributed by atoms with E-state index in [0.717, 1.165) is 11.1 Å². The molecule has 0 aliphatic carbocycles. The summed E-state index contributed by atoms with van der Waals surface area (Å²) < 4.78 is 0. The fraction of sp³-hybridized carbons (Fsp3) is 0. The van der Waals surface area contributed by atoms with Gasteiger partial charge in [0.2, 0.25) is 0 Å². The minimum absolute atomic E-state index is 0.278. The van der Waals surface area contributed by atoms with E-state index in [-0.39, 0.29) is 5.56 Å². The van der Waals surface area contributed by atoms with Crippen molar-refractivity contribution in [2.24, 2.45) is 0 Å². The summed E-state index contributed by atoms with van der Waals surface area (Å²) in [5.74, 6) is -0.925. The number of nitrogens with zero attached hydrogens (tertiary/aromatic N) is 2. The zero-order valence-corrected chi connectivity index (χ0v) is 8.95. The van der Waals surface area contributed by atoms with Gasteiger partial charge in [0.15, 0.2) is 0 Å². The molecule has 4 heteroatoms. The van der Waals surface area contributed by atoms with Crippen LogP contribution in [0.15, 0.2) is 42.7 Å². The molecule has 0 bridgehead atoms. The molecular weight excluding hydrogens is 216 g/mol. The monoisotopic (exact) mass is 226 g/mol. The summed E-state index contributed by atoms with van der Waals surface area (Å²) in [7, 11) is 0. The molecule has 0 saturated heterocycles. The van der Waals surface area contributed by atoms with Gasteiger partial charge in [0.05, 0.1) is 18.0 Å². The quantitative estimate of drug-likeness (QED) is 0.872. The third kappa shape index (κ3) is 2.98. The lowest BCUT2D eigenvalue weighted by molar-refractivity contribution is 0.0697. The summed E-state index contributed by atoms with van der Waals surface area (Å²) in [6, 6.07) is 8.57. The molecule has 2 rings (SSSR count). The lowest BCUT2D eigenvalue weighted by Crippen LogP contribution is -1.95. The lowest BCUT2D eigenvalue weighted by atomic mass is 10.1. The van der Waals surface area contributed by atoms with Crippen LogP contribution in [-0.2, 0) is 0 Å².